The molecule has 0 bridgehead atoms. The predicted molar refractivity (Wildman–Crippen MR) is 106 cm³/mol. The molecule has 140 valence electrons. The molecular formula is C21H21FN2O2S. The molecule has 4 rings (SSSR count). The van der Waals surface area contributed by atoms with Crippen molar-refractivity contribution in [1.29, 1.82) is 0 Å². The molecule has 1 aliphatic heterocycles. The van der Waals surface area contributed by atoms with E-state index in [1.807, 2.05) is 0 Å². The quantitative estimate of drug-likeness (QED) is 0.682. The predicted octanol–water partition coefficient (Wildman–Crippen LogP) is 4.13. The minimum atomic E-state index is -3.76. The van der Waals surface area contributed by atoms with Crippen molar-refractivity contribution >= 4 is 26.5 Å². The second kappa shape index (κ2) is 6.94. The van der Waals surface area contributed by atoms with Crippen LogP contribution in [0.25, 0.3) is 16.5 Å². The first kappa shape index (κ1) is 17.9. The molecule has 0 aliphatic carbocycles. The average Bonchev–Trinajstić information content (AvgIpc) is 2.91. The Hall–Kier alpha value is -2.44. The molecule has 0 saturated carbocycles. The SMILES string of the molecule is CN1CCC=C(c2cn(S(=O)(=O)c3ccccc3)c3ccc(F)cc23)CC1. The van der Waals surface area contributed by atoms with Gasteiger partial charge in [-0.05, 0) is 55.8 Å². The highest BCUT2D eigenvalue weighted by Gasteiger charge is 2.23. The molecular weight excluding hydrogens is 363 g/mol. The Bertz CT molecular complexity index is 1120. The molecule has 2 aromatic carbocycles. The van der Waals surface area contributed by atoms with Gasteiger partial charge in [0.1, 0.15) is 5.82 Å². The van der Waals surface area contributed by atoms with Crippen molar-refractivity contribution in [2.75, 3.05) is 20.1 Å². The maximum absolute atomic E-state index is 14.0. The lowest BCUT2D eigenvalue weighted by atomic mass is 10.0. The standard InChI is InChI=1S/C21H21FN2O2S/c1-23-12-5-6-16(11-13-23)20-15-24(21-10-9-17(22)14-19(20)21)27(25,26)18-7-3-2-4-8-18/h2-4,6-10,14-15H,5,11-13H2,1H3. The van der Waals surface area contributed by atoms with Crippen molar-refractivity contribution in [1.82, 2.24) is 8.87 Å². The highest BCUT2D eigenvalue weighted by atomic mass is 32.2. The molecule has 0 amide bonds. The number of fused-ring (bicyclic) bond motifs is 1. The fourth-order valence-electron chi connectivity index (χ4n) is 3.56. The van der Waals surface area contributed by atoms with Crippen LogP contribution < -0.4 is 0 Å². The third-order valence-electron chi connectivity index (χ3n) is 5.04. The van der Waals surface area contributed by atoms with E-state index in [-0.39, 0.29) is 10.7 Å². The summed E-state index contributed by atoms with van der Waals surface area (Å²) in [6.45, 7) is 1.85. The first-order valence-corrected chi connectivity index (χ1v) is 10.4. The molecule has 0 fully saturated rings. The molecule has 0 atom stereocenters. The maximum atomic E-state index is 14.0. The van der Waals surface area contributed by atoms with Gasteiger partial charge in [-0.25, -0.2) is 16.8 Å². The summed E-state index contributed by atoms with van der Waals surface area (Å²) in [4.78, 5) is 2.46. The van der Waals surface area contributed by atoms with E-state index in [1.165, 1.54) is 22.2 Å². The molecule has 0 saturated heterocycles. The average molecular weight is 384 g/mol. The van der Waals surface area contributed by atoms with E-state index in [2.05, 4.69) is 18.0 Å². The zero-order valence-corrected chi connectivity index (χ0v) is 15.9. The van der Waals surface area contributed by atoms with Crippen molar-refractivity contribution in [3.63, 3.8) is 0 Å². The van der Waals surface area contributed by atoms with Gasteiger partial charge >= 0.3 is 0 Å². The van der Waals surface area contributed by atoms with Crippen molar-refractivity contribution in [2.45, 2.75) is 17.7 Å². The molecule has 4 nitrogen and oxygen atoms in total. The van der Waals surface area contributed by atoms with E-state index in [9.17, 15) is 12.8 Å². The number of benzene rings is 2. The Morgan fingerprint density at radius 2 is 1.81 bits per heavy atom. The Kier molecular flexibility index (Phi) is 4.61. The summed E-state index contributed by atoms with van der Waals surface area (Å²) in [5, 5.41) is 0.630. The monoisotopic (exact) mass is 384 g/mol. The number of rotatable bonds is 3. The van der Waals surface area contributed by atoms with Gasteiger partial charge < -0.3 is 4.90 Å². The summed E-state index contributed by atoms with van der Waals surface area (Å²) in [5.74, 6) is -0.370. The van der Waals surface area contributed by atoms with Crippen LogP contribution in [-0.2, 0) is 10.0 Å². The molecule has 0 spiro atoms. The van der Waals surface area contributed by atoms with Crippen LogP contribution in [0.2, 0.25) is 0 Å². The van der Waals surface area contributed by atoms with E-state index in [4.69, 9.17) is 0 Å². The van der Waals surface area contributed by atoms with E-state index in [0.717, 1.165) is 37.1 Å². The van der Waals surface area contributed by atoms with E-state index in [1.54, 1.807) is 36.5 Å². The summed E-state index contributed by atoms with van der Waals surface area (Å²) in [7, 11) is -1.69. The second-order valence-electron chi connectivity index (χ2n) is 6.89. The zero-order chi connectivity index (χ0) is 19.0. The van der Waals surface area contributed by atoms with E-state index in [0.29, 0.717) is 10.9 Å². The molecule has 3 aromatic rings. The summed E-state index contributed by atoms with van der Waals surface area (Å²) in [6, 6.07) is 12.6. The largest absolute Gasteiger partial charge is 0.306 e. The van der Waals surface area contributed by atoms with Crippen molar-refractivity contribution in [3.05, 3.63) is 72.2 Å². The van der Waals surface area contributed by atoms with Gasteiger partial charge in [0.15, 0.2) is 0 Å². The van der Waals surface area contributed by atoms with Crippen LogP contribution in [0, 0.1) is 5.82 Å². The highest BCUT2D eigenvalue weighted by Crippen LogP contribution is 2.33. The molecule has 0 radical (unpaired) electrons. The third kappa shape index (κ3) is 3.31. The lowest BCUT2D eigenvalue weighted by molar-refractivity contribution is 0.355. The lowest BCUT2D eigenvalue weighted by Crippen LogP contribution is -2.18. The summed E-state index contributed by atoms with van der Waals surface area (Å²) in [6.07, 6.45) is 5.48. The van der Waals surface area contributed by atoms with E-state index < -0.39 is 10.0 Å². The fourth-order valence-corrected chi connectivity index (χ4v) is 4.95. The third-order valence-corrected chi connectivity index (χ3v) is 6.73. The number of hydrogen-bond acceptors (Lipinski definition) is 3. The molecule has 27 heavy (non-hydrogen) atoms. The number of hydrogen-bond donors (Lipinski definition) is 0. The Balaban J connectivity index is 1.92. The topological polar surface area (TPSA) is 42.3 Å². The van der Waals surface area contributed by atoms with Gasteiger partial charge in [0, 0.05) is 30.2 Å². The normalized spacial score (nSPS) is 16.3. The molecule has 2 heterocycles. The molecule has 1 aliphatic rings. The summed E-state index contributed by atoms with van der Waals surface area (Å²) < 4.78 is 41.6. The van der Waals surface area contributed by atoms with Crippen molar-refractivity contribution in [3.8, 4) is 0 Å². The number of halogens is 1. The number of aromatic nitrogens is 1. The van der Waals surface area contributed by atoms with Gasteiger partial charge in [0.05, 0.1) is 10.4 Å². The van der Waals surface area contributed by atoms with E-state index >= 15 is 0 Å². The summed E-state index contributed by atoms with van der Waals surface area (Å²) >= 11 is 0. The molecule has 0 N–H and O–H groups in total. The molecule has 0 unspecified atom stereocenters. The van der Waals surface area contributed by atoms with Crippen molar-refractivity contribution in [2.24, 2.45) is 0 Å². The van der Waals surface area contributed by atoms with Gasteiger partial charge in [-0.2, -0.15) is 0 Å². The highest BCUT2D eigenvalue weighted by molar-refractivity contribution is 7.90. The maximum Gasteiger partial charge on any atom is 0.268 e. The van der Waals surface area contributed by atoms with Gasteiger partial charge in [0.25, 0.3) is 10.0 Å². The van der Waals surface area contributed by atoms with Crippen LogP contribution in [0.1, 0.15) is 18.4 Å². The van der Waals surface area contributed by atoms with Crippen LogP contribution in [-0.4, -0.2) is 37.4 Å². The minimum absolute atomic E-state index is 0.215. The van der Waals surface area contributed by atoms with Crippen LogP contribution >= 0.6 is 0 Å². The fraction of sp³-hybridized carbons (Fsp3) is 0.238. The Labute approximate surface area is 158 Å². The van der Waals surface area contributed by atoms with Gasteiger partial charge in [-0.15, -0.1) is 0 Å². The van der Waals surface area contributed by atoms with Gasteiger partial charge in [-0.1, -0.05) is 24.3 Å². The van der Waals surface area contributed by atoms with Crippen LogP contribution in [0.3, 0.4) is 0 Å². The first-order chi connectivity index (χ1) is 13.0. The van der Waals surface area contributed by atoms with Gasteiger partial charge in [-0.3, -0.25) is 0 Å². The lowest BCUT2D eigenvalue weighted by Gasteiger charge is -2.12. The summed E-state index contributed by atoms with van der Waals surface area (Å²) in [5.41, 5.74) is 2.35. The van der Waals surface area contributed by atoms with Crippen LogP contribution in [0.4, 0.5) is 4.39 Å². The minimum Gasteiger partial charge on any atom is -0.306 e. The molecule has 1 aromatic heterocycles. The molecule has 6 heteroatoms. The first-order valence-electron chi connectivity index (χ1n) is 8.96. The Morgan fingerprint density at radius 1 is 1.04 bits per heavy atom. The van der Waals surface area contributed by atoms with Crippen LogP contribution in [0.15, 0.2) is 65.7 Å². The smallest absolute Gasteiger partial charge is 0.268 e. The zero-order valence-electron chi connectivity index (χ0n) is 15.1. The second-order valence-corrected chi connectivity index (χ2v) is 8.70. The Morgan fingerprint density at radius 3 is 2.59 bits per heavy atom. The van der Waals surface area contributed by atoms with Gasteiger partial charge in [0.2, 0.25) is 0 Å². The van der Waals surface area contributed by atoms with Crippen molar-refractivity contribution < 1.29 is 12.8 Å². The number of nitrogens with zero attached hydrogens (tertiary/aromatic N) is 2. The van der Waals surface area contributed by atoms with Crippen LogP contribution in [0.5, 0.6) is 0 Å².